The maximum absolute atomic E-state index is 5.72. The minimum atomic E-state index is -0.111. The van der Waals surface area contributed by atoms with E-state index in [1.165, 1.54) is 12.8 Å². The molecule has 1 N–H and O–H groups in total. The van der Waals surface area contributed by atoms with Gasteiger partial charge in [-0.25, -0.2) is 5.10 Å². The molecule has 0 unspecified atom stereocenters. The van der Waals surface area contributed by atoms with Crippen LogP contribution in [0.4, 0.5) is 5.95 Å². The van der Waals surface area contributed by atoms with Gasteiger partial charge in [-0.2, -0.15) is 0 Å². The van der Waals surface area contributed by atoms with E-state index >= 15 is 0 Å². The van der Waals surface area contributed by atoms with Crippen LogP contribution in [0.3, 0.4) is 0 Å². The first-order chi connectivity index (χ1) is 8.07. The molecule has 0 atom stereocenters. The Morgan fingerprint density at radius 1 is 1.47 bits per heavy atom. The lowest BCUT2D eigenvalue weighted by atomic mass is 10.1. The fraction of sp³-hybridized carbons (Fsp3) is 0.818. The van der Waals surface area contributed by atoms with Crippen LogP contribution in [0, 0.1) is 4.77 Å². The monoisotopic (exact) mass is 254 g/mol. The number of ether oxygens (including phenoxy) is 1. The number of nitrogens with zero attached hydrogens (tertiary/aromatic N) is 3. The van der Waals surface area contributed by atoms with E-state index in [0.717, 1.165) is 30.4 Å². The third kappa shape index (κ3) is 2.11. The van der Waals surface area contributed by atoms with Crippen molar-refractivity contribution in [3.05, 3.63) is 4.77 Å². The number of nitrogens with one attached hydrogen (secondary N) is 1. The fourth-order valence-electron chi connectivity index (χ4n) is 2.37. The second kappa shape index (κ2) is 3.81. The van der Waals surface area contributed by atoms with Gasteiger partial charge in [-0.05, 0) is 38.9 Å². The second-order valence-corrected chi connectivity index (χ2v) is 5.85. The lowest BCUT2D eigenvalue weighted by molar-refractivity contribution is -0.0283. The summed E-state index contributed by atoms with van der Waals surface area (Å²) < 4.78 is 8.63. The molecule has 0 amide bonds. The minimum absolute atomic E-state index is 0.111. The van der Waals surface area contributed by atoms with Gasteiger partial charge < -0.3 is 9.64 Å². The van der Waals surface area contributed by atoms with Crippen molar-refractivity contribution in [3.63, 3.8) is 0 Å². The average molecular weight is 254 g/mol. The first kappa shape index (κ1) is 11.2. The molecule has 1 saturated heterocycles. The van der Waals surface area contributed by atoms with Crippen LogP contribution in [0.15, 0.2) is 0 Å². The Hall–Kier alpha value is -0.880. The first-order valence-electron chi connectivity index (χ1n) is 6.13. The predicted octanol–water partition coefficient (Wildman–Crippen LogP) is 1.89. The van der Waals surface area contributed by atoms with Crippen LogP contribution in [0.5, 0.6) is 0 Å². The van der Waals surface area contributed by atoms with E-state index in [1.807, 2.05) is 0 Å². The number of rotatable bonds is 2. The second-order valence-electron chi connectivity index (χ2n) is 5.46. The smallest absolute Gasteiger partial charge is 0.226 e. The summed E-state index contributed by atoms with van der Waals surface area (Å²) in [6.45, 7) is 6.72. The molecule has 0 bridgehead atoms. The lowest BCUT2D eigenvalue weighted by Crippen LogP contribution is -2.49. The molecule has 2 fully saturated rings. The number of H-pyrrole nitrogens is 1. The van der Waals surface area contributed by atoms with Gasteiger partial charge in [0.2, 0.25) is 5.95 Å². The van der Waals surface area contributed by atoms with Gasteiger partial charge in [0, 0.05) is 19.1 Å². The summed E-state index contributed by atoms with van der Waals surface area (Å²) in [5.74, 6) is 0.980. The van der Waals surface area contributed by atoms with Crippen LogP contribution in [0.25, 0.3) is 0 Å². The summed E-state index contributed by atoms with van der Waals surface area (Å²) in [7, 11) is 0. The van der Waals surface area contributed by atoms with Crippen molar-refractivity contribution in [3.8, 4) is 0 Å². The Kier molecular flexibility index (Phi) is 2.52. The van der Waals surface area contributed by atoms with E-state index < -0.39 is 0 Å². The highest BCUT2D eigenvalue weighted by atomic mass is 32.1. The zero-order valence-corrected chi connectivity index (χ0v) is 11.1. The van der Waals surface area contributed by atoms with E-state index in [1.54, 1.807) is 0 Å². The number of hydrogen-bond donors (Lipinski definition) is 1. The Bertz CT molecular complexity index is 474. The van der Waals surface area contributed by atoms with Gasteiger partial charge in [-0.1, -0.05) is 0 Å². The van der Waals surface area contributed by atoms with Gasteiger partial charge >= 0.3 is 0 Å². The van der Waals surface area contributed by atoms with Crippen molar-refractivity contribution in [1.82, 2.24) is 14.8 Å². The van der Waals surface area contributed by atoms with E-state index in [0.29, 0.717) is 6.04 Å². The SMILES string of the molecule is CC1(C)CN(c2n[nH]c(=S)n2C2CC2)CCO1. The maximum atomic E-state index is 5.72. The fourth-order valence-corrected chi connectivity index (χ4v) is 2.64. The van der Waals surface area contributed by atoms with Crippen LogP contribution >= 0.6 is 12.2 Å². The molecule has 1 aliphatic carbocycles. The zero-order valence-electron chi connectivity index (χ0n) is 10.3. The Morgan fingerprint density at radius 2 is 2.24 bits per heavy atom. The van der Waals surface area contributed by atoms with Crippen molar-refractivity contribution < 1.29 is 4.74 Å². The van der Waals surface area contributed by atoms with Gasteiger partial charge in [0.15, 0.2) is 4.77 Å². The van der Waals surface area contributed by atoms with Gasteiger partial charge in [-0.15, -0.1) is 5.10 Å². The van der Waals surface area contributed by atoms with Crippen LogP contribution in [-0.4, -0.2) is 40.1 Å². The van der Waals surface area contributed by atoms with Crippen molar-refractivity contribution in [2.24, 2.45) is 0 Å². The van der Waals surface area contributed by atoms with Crippen molar-refractivity contribution in [2.45, 2.75) is 38.3 Å². The molecule has 2 heterocycles. The average Bonchev–Trinajstić information content (AvgIpc) is 3.01. The van der Waals surface area contributed by atoms with E-state index in [9.17, 15) is 0 Å². The predicted molar refractivity (Wildman–Crippen MR) is 67.9 cm³/mol. The Morgan fingerprint density at radius 3 is 2.88 bits per heavy atom. The number of aromatic nitrogens is 3. The molecule has 0 radical (unpaired) electrons. The number of aromatic amines is 1. The number of anilines is 1. The molecule has 17 heavy (non-hydrogen) atoms. The minimum Gasteiger partial charge on any atom is -0.372 e. The highest BCUT2D eigenvalue weighted by Gasteiger charge is 2.33. The van der Waals surface area contributed by atoms with E-state index in [-0.39, 0.29) is 5.60 Å². The van der Waals surface area contributed by atoms with Gasteiger partial charge in [0.05, 0.1) is 12.2 Å². The Balaban J connectivity index is 1.91. The summed E-state index contributed by atoms with van der Waals surface area (Å²) in [6, 6.07) is 0.558. The highest BCUT2D eigenvalue weighted by Crippen LogP contribution is 2.38. The quantitative estimate of drug-likeness (QED) is 0.819. The molecule has 2 aliphatic rings. The lowest BCUT2D eigenvalue weighted by Gasteiger charge is -2.38. The summed E-state index contributed by atoms with van der Waals surface area (Å²) in [5, 5.41) is 7.30. The molecule has 3 rings (SSSR count). The molecule has 6 heteroatoms. The zero-order chi connectivity index (χ0) is 12.0. The molecule has 94 valence electrons. The normalized spacial score (nSPS) is 24.0. The van der Waals surface area contributed by atoms with Crippen LogP contribution < -0.4 is 4.90 Å². The van der Waals surface area contributed by atoms with E-state index in [2.05, 4.69) is 33.5 Å². The Labute approximate surface area is 106 Å². The molecule has 5 nitrogen and oxygen atoms in total. The first-order valence-corrected chi connectivity index (χ1v) is 6.53. The van der Waals surface area contributed by atoms with Crippen molar-refractivity contribution in [1.29, 1.82) is 0 Å². The number of hydrogen-bond acceptors (Lipinski definition) is 4. The third-order valence-corrected chi connectivity index (χ3v) is 3.59. The molecule has 0 aromatic carbocycles. The molecular formula is C11H18N4OS. The van der Waals surface area contributed by atoms with Gasteiger partial charge in [-0.3, -0.25) is 4.57 Å². The van der Waals surface area contributed by atoms with Crippen LogP contribution in [0.2, 0.25) is 0 Å². The van der Waals surface area contributed by atoms with Crippen molar-refractivity contribution in [2.75, 3.05) is 24.6 Å². The van der Waals surface area contributed by atoms with Crippen molar-refractivity contribution >= 4 is 18.2 Å². The molecule has 1 aliphatic heterocycles. The molecule has 0 spiro atoms. The number of morpholine rings is 1. The molecule has 1 aromatic heterocycles. The van der Waals surface area contributed by atoms with E-state index in [4.69, 9.17) is 17.0 Å². The molecule has 1 saturated carbocycles. The highest BCUT2D eigenvalue weighted by molar-refractivity contribution is 7.71. The maximum Gasteiger partial charge on any atom is 0.226 e. The summed E-state index contributed by atoms with van der Waals surface area (Å²) >= 11 is 5.30. The summed E-state index contributed by atoms with van der Waals surface area (Å²) in [6.07, 6.45) is 2.43. The van der Waals surface area contributed by atoms with Crippen LogP contribution in [-0.2, 0) is 4.74 Å². The standard InChI is InChI=1S/C11H18N4OS/c1-11(2)7-14(5-6-16-11)9-12-13-10(17)15(9)8-3-4-8/h8H,3-7H2,1-2H3,(H,13,17). The van der Waals surface area contributed by atoms with Crippen LogP contribution in [0.1, 0.15) is 32.7 Å². The summed E-state index contributed by atoms with van der Waals surface area (Å²) in [5.41, 5.74) is -0.111. The largest absolute Gasteiger partial charge is 0.372 e. The van der Waals surface area contributed by atoms with Gasteiger partial charge in [0.25, 0.3) is 0 Å². The topological polar surface area (TPSA) is 46.1 Å². The summed E-state index contributed by atoms with van der Waals surface area (Å²) in [4.78, 5) is 2.27. The van der Waals surface area contributed by atoms with Gasteiger partial charge in [0.1, 0.15) is 0 Å². The molecule has 1 aromatic rings. The third-order valence-electron chi connectivity index (χ3n) is 3.31. The molecular weight excluding hydrogens is 236 g/mol.